The summed E-state index contributed by atoms with van der Waals surface area (Å²) in [6, 6.07) is 12.2. The number of para-hydroxylation sites is 2. The third kappa shape index (κ3) is 20.4. The van der Waals surface area contributed by atoms with Gasteiger partial charge < -0.3 is 89.1 Å². The summed E-state index contributed by atoms with van der Waals surface area (Å²) in [5, 5.41) is 53.0. The number of H-pyrrole nitrogens is 2. The van der Waals surface area contributed by atoms with E-state index < -0.39 is 138 Å². The average Bonchev–Trinajstić information content (AvgIpc) is 1.76. The standard InChI is InChI=1S/C69H84FN15O14/c1-38(2)29-51(60(91)77-50(15-8-26-73-69(71)72)68(99)85-28-10-16-57(85)66(97)76-36-59(89)90)78-63(94)54(32-42-34-74-48-13-6-4-11-46(42)48)80-61(92)52(31-41-20-24-45(88)25-21-41)79-65(96)56(37-86)83-64(95)55(33-43-35-75-49-14-7-5-12-47(43)49)81-62(93)53(30-40-18-22-44(70)23-19-40)82-67(98)58-17-9-27-84(58)39(3)87/h4-7,9,11-14,17-25,34-35,38,50-58,74-75,86,88H,8,10,15-16,26-33,36-37H2,1-3H3,(H,76,97)(H,77,91)(H,78,94)(H,79,96)(H,80,92)(H,81,93)(H,82,98)(H,83,95)(H,89,90)(H4,71,72,73)/t50-,51-,52-,53-,54-,55-,56-,57-,58-/m0/s1. The molecule has 0 spiro atoms. The van der Waals surface area contributed by atoms with Gasteiger partial charge in [-0.1, -0.05) is 86.7 Å². The Bertz CT molecular complexity index is 3960. The highest BCUT2D eigenvalue weighted by Crippen LogP contribution is 2.24. The van der Waals surface area contributed by atoms with E-state index in [4.69, 9.17) is 11.5 Å². The summed E-state index contributed by atoms with van der Waals surface area (Å²) in [6.07, 6.45) is 6.14. The Hall–Kier alpha value is -11.2. The molecular weight excluding hydrogens is 1280 g/mol. The molecule has 6 aromatic rings. The molecule has 30 heteroatoms. The van der Waals surface area contributed by atoms with E-state index in [0.29, 0.717) is 50.5 Å². The third-order valence-corrected chi connectivity index (χ3v) is 17.1. The predicted octanol–water partition coefficient (Wildman–Crippen LogP) is 0.229. The zero-order chi connectivity index (χ0) is 71.4. The van der Waals surface area contributed by atoms with Crippen LogP contribution in [0.15, 0.2) is 127 Å². The Morgan fingerprint density at radius 3 is 1.63 bits per heavy atom. The molecule has 1 saturated heterocycles. The monoisotopic (exact) mass is 1370 g/mol. The molecule has 526 valence electrons. The number of aromatic nitrogens is 2. The lowest BCUT2D eigenvalue weighted by Gasteiger charge is -2.30. The van der Waals surface area contributed by atoms with E-state index in [9.17, 15) is 62.9 Å². The smallest absolute Gasteiger partial charge is 0.322 e. The van der Waals surface area contributed by atoms with Gasteiger partial charge in [0.1, 0.15) is 72.5 Å². The lowest BCUT2D eigenvalue weighted by Crippen LogP contribution is -2.61. The Morgan fingerprint density at radius 1 is 0.616 bits per heavy atom. The van der Waals surface area contributed by atoms with Crippen LogP contribution in [0.5, 0.6) is 5.75 Å². The minimum Gasteiger partial charge on any atom is -0.508 e. The number of nitrogens with one attached hydrogen (secondary N) is 10. The first-order chi connectivity index (χ1) is 47.3. The van der Waals surface area contributed by atoms with Gasteiger partial charge >= 0.3 is 5.97 Å². The lowest BCUT2D eigenvalue weighted by molar-refractivity contribution is -0.143. The number of aliphatic hydroxyl groups is 1. The normalized spacial score (nSPS) is 16.3. The number of aromatic amines is 2. The molecule has 4 heterocycles. The van der Waals surface area contributed by atoms with Crippen molar-refractivity contribution >= 4 is 92.8 Å². The number of nitrogens with two attached hydrogens (primary N) is 2. The van der Waals surface area contributed by atoms with E-state index >= 15 is 9.59 Å². The van der Waals surface area contributed by atoms with Gasteiger partial charge in [0.15, 0.2) is 5.96 Å². The SMILES string of the molecule is CC(=O)N1CC=C[C@H]1C(=O)N[C@@H](Cc1ccc(F)cc1)C(=O)N[C@@H](Cc1c[nH]c2ccccc12)C(=O)N[C@@H](CO)C(=O)N[C@@H](Cc1ccc(O)cc1)C(=O)N[C@@H](Cc1c[nH]c2ccccc12)C(=O)N[C@@H](CC(C)C)C(=O)N[C@@H](CCCN=C(N)N)C(=O)N1CCC[C@H]1C(=O)NCC(=O)O. The molecular formula is C69H84FN15O14. The summed E-state index contributed by atoms with van der Waals surface area (Å²) in [4.78, 5) is 167. The summed E-state index contributed by atoms with van der Waals surface area (Å²) >= 11 is 0. The summed E-state index contributed by atoms with van der Waals surface area (Å²) in [7, 11) is 0. The van der Waals surface area contributed by atoms with Gasteiger partial charge in [0.05, 0.1) is 6.61 Å². The maximum Gasteiger partial charge on any atom is 0.322 e. The Labute approximate surface area is 568 Å². The van der Waals surface area contributed by atoms with Gasteiger partial charge in [-0.05, 0) is 96.7 Å². The number of likely N-dealkylation sites (tertiary alicyclic amines) is 1. The van der Waals surface area contributed by atoms with Gasteiger partial charge in [-0.25, -0.2) is 4.39 Å². The molecule has 0 saturated carbocycles. The number of carboxylic acids is 1. The van der Waals surface area contributed by atoms with Crippen LogP contribution in [0.3, 0.4) is 0 Å². The van der Waals surface area contributed by atoms with Crippen molar-refractivity contribution in [1.82, 2.24) is 62.3 Å². The number of phenolic OH excluding ortho intramolecular Hbond substituents is 1. The largest absolute Gasteiger partial charge is 0.508 e. The fourth-order valence-corrected chi connectivity index (χ4v) is 12.0. The number of aliphatic hydroxyl groups excluding tert-OH is 1. The number of rotatable bonds is 33. The molecule has 0 bridgehead atoms. The highest BCUT2D eigenvalue weighted by molar-refractivity contribution is 6.00. The summed E-state index contributed by atoms with van der Waals surface area (Å²) in [5.74, 6) is -10.7. The molecule has 2 aliphatic rings. The molecule has 10 amide bonds. The van der Waals surface area contributed by atoms with Crippen LogP contribution in [0.1, 0.15) is 75.1 Å². The molecule has 0 unspecified atom stereocenters. The Morgan fingerprint density at radius 2 is 1.10 bits per heavy atom. The molecule has 2 aliphatic heterocycles. The maximum atomic E-state index is 15.1. The van der Waals surface area contributed by atoms with Crippen LogP contribution in [-0.4, -0.2) is 193 Å². The summed E-state index contributed by atoms with van der Waals surface area (Å²) in [6.45, 7) is 3.39. The molecule has 4 aromatic carbocycles. The second kappa shape index (κ2) is 34.7. The van der Waals surface area contributed by atoms with Crippen LogP contribution in [0.2, 0.25) is 0 Å². The second-order valence-electron chi connectivity index (χ2n) is 24.9. The minimum absolute atomic E-state index is 0.00323. The van der Waals surface area contributed by atoms with Gasteiger partial charge in [-0.15, -0.1) is 0 Å². The van der Waals surface area contributed by atoms with Gasteiger partial charge in [0.25, 0.3) is 0 Å². The fourth-order valence-electron chi connectivity index (χ4n) is 12.0. The number of hydrogen-bond acceptors (Lipinski definition) is 14. The topological polar surface area (TPSA) is 447 Å². The molecule has 8 rings (SSSR count). The predicted molar refractivity (Wildman–Crippen MR) is 362 cm³/mol. The lowest BCUT2D eigenvalue weighted by atomic mass is 9.99. The van der Waals surface area contributed by atoms with E-state index in [0.717, 1.165) is 0 Å². The van der Waals surface area contributed by atoms with Crippen LogP contribution >= 0.6 is 0 Å². The molecule has 17 N–H and O–H groups in total. The number of aliphatic imine (C=N–C) groups is 1. The highest BCUT2D eigenvalue weighted by Gasteiger charge is 2.40. The maximum absolute atomic E-state index is 15.1. The first-order valence-corrected chi connectivity index (χ1v) is 32.5. The van der Waals surface area contributed by atoms with Gasteiger partial charge in [0, 0.05) is 86.4 Å². The molecule has 9 atom stereocenters. The number of carbonyl (C=O) groups excluding carboxylic acids is 10. The van der Waals surface area contributed by atoms with E-state index in [1.165, 1.54) is 71.3 Å². The number of carbonyl (C=O) groups is 11. The molecule has 2 aromatic heterocycles. The number of aromatic hydroxyl groups is 1. The molecule has 0 radical (unpaired) electrons. The van der Waals surface area contributed by atoms with Gasteiger partial charge in [0.2, 0.25) is 59.1 Å². The average molecular weight is 1370 g/mol. The molecule has 0 aliphatic carbocycles. The van der Waals surface area contributed by atoms with Crippen molar-refractivity contribution in [1.29, 1.82) is 0 Å². The minimum atomic E-state index is -1.84. The molecule has 29 nitrogen and oxygen atoms in total. The molecule has 1 fully saturated rings. The number of phenols is 1. The number of aliphatic carboxylic acids is 1. The summed E-state index contributed by atoms with van der Waals surface area (Å²) < 4.78 is 14.2. The van der Waals surface area contributed by atoms with Crippen molar-refractivity contribution in [3.8, 4) is 5.75 Å². The third-order valence-electron chi connectivity index (χ3n) is 17.1. The first kappa shape index (κ1) is 73.6. The van der Waals surface area contributed by atoms with Crippen molar-refractivity contribution in [3.63, 3.8) is 0 Å². The zero-order valence-corrected chi connectivity index (χ0v) is 54.9. The Balaban J connectivity index is 1.06. The zero-order valence-electron chi connectivity index (χ0n) is 54.9. The number of hydrogen-bond donors (Lipinski definition) is 15. The summed E-state index contributed by atoms with van der Waals surface area (Å²) in [5.41, 5.74) is 14.4. The van der Waals surface area contributed by atoms with Crippen LogP contribution in [-0.2, 0) is 78.4 Å². The van der Waals surface area contributed by atoms with Crippen molar-refractivity contribution in [2.24, 2.45) is 22.4 Å². The van der Waals surface area contributed by atoms with E-state index in [1.54, 1.807) is 80.8 Å². The quantitative estimate of drug-likeness (QED) is 0.0113. The van der Waals surface area contributed by atoms with E-state index in [-0.39, 0.29) is 88.6 Å². The van der Waals surface area contributed by atoms with Crippen LogP contribution in [0.4, 0.5) is 4.39 Å². The number of fused-ring (bicyclic) bond motifs is 2. The second-order valence-corrected chi connectivity index (χ2v) is 24.9. The molecule has 99 heavy (non-hydrogen) atoms. The van der Waals surface area contributed by atoms with Crippen molar-refractivity contribution < 1.29 is 72.4 Å². The van der Waals surface area contributed by atoms with Crippen LogP contribution in [0.25, 0.3) is 21.8 Å². The number of amides is 10. The van der Waals surface area contributed by atoms with Crippen molar-refractivity contribution in [2.75, 3.05) is 32.8 Å². The van der Waals surface area contributed by atoms with Crippen LogP contribution < -0.4 is 54.0 Å². The van der Waals surface area contributed by atoms with Crippen molar-refractivity contribution in [2.45, 2.75) is 133 Å². The number of halogens is 1. The number of benzene rings is 4. The van der Waals surface area contributed by atoms with Gasteiger partial charge in [-0.3, -0.25) is 57.7 Å². The number of carboxylic acid groups (broad SMARTS) is 1. The number of guanidine groups is 1. The number of nitrogens with zero attached hydrogens (tertiary/aromatic N) is 3. The highest BCUT2D eigenvalue weighted by atomic mass is 19.1. The Kier molecular flexibility index (Phi) is 25.8. The first-order valence-electron chi connectivity index (χ1n) is 32.5. The fraction of sp³-hybridized carbons (Fsp3) is 0.391. The van der Waals surface area contributed by atoms with E-state index in [1.807, 2.05) is 0 Å². The van der Waals surface area contributed by atoms with Gasteiger partial charge in [-0.2, -0.15) is 0 Å². The van der Waals surface area contributed by atoms with Crippen molar-refractivity contribution in [3.05, 3.63) is 150 Å². The van der Waals surface area contributed by atoms with Crippen LogP contribution in [0, 0.1) is 11.7 Å². The van der Waals surface area contributed by atoms with E-state index in [2.05, 4.69) is 57.5 Å².